The summed E-state index contributed by atoms with van der Waals surface area (Å²) < 4.78 is 1.50. The Morgan fingerprint density at radius 1 is 0.793 bits per heavy atom. The Morgan fingerprint density at radius 2 is 1.28 bits per heavy atom. The Labute approximate surface area is 185 Å². The molecule has 0 N–H and O–H groups in total. The number of rotatable bonds is 4. The van der Waals surface area contributed by atoms with Crippen molar-refractivity contribution in [1.29, 1.82) is 5.26 Å². The molecule has 29 heavy (non-hydrogen) atoms. The summed E-state index contributed by atoms with van der Waals surface area (Å²) in [4.78, 5) is 0. The first-order valence-corrected chi connectivity index (χ1v) is 12.6. The predicted octanol–water partition coefficient (Wildman–Crippen LogP) is 6.63. The molecule has 156 valence electrons. The van der Waals surface area contributed by atoms with Crippen LogP contribution in [0.2, 0.25) is 5.32 Å². The van der Waals surface area contributed by atoms with Crippen molar-refractivity contribution in [3.63, 3.8) is 0 Å². The molecule has 0 fully saturated rings. The van der Waals surface area contributed by atoms with Gasteiger partial charge in [-0.05, 0) is 0 Å². The van der Waals surface area contributed by atoms with Gasteiger partial charge >= 0.3 is 185 Å². The van der Waals surface area contributed by atoms with E-state index >= 15 is 0 Å². The fourth-order valence-electron chi connectivity index (χ4n) is 3.39. The first-order valence-electron chi connectivity index (χ1n) is 10.5. The third kappa shape index (κ3) is 5.97. The van der Waals surface area contributed by atoms with E-state index in [0.717, 1.165) is 10.9 Å². The van der Waals surface area contributed by atoms with Gasteiger partial charge in [0.15, 0.2) is 0 Å². The average molecular weight is 455 g/mol. The minimum absolute atomic E-state index is 0.0425. The van der Waals surface area contributed by atoms with Crippen LogP contribution in [0.4, 0.5) is 0 Å². The van der Waals surface area contributed by atoms with Gasteiger partial charge in [-0.15, -0.1) is 0 Å². The summed E-state index contributed by atoms with van der Waals surface area (Å²) in [5, 5.41) is 10.7. The summed E-state index contributed by atoms with van der Waals surface area (Å²) in [6.07, 6.45) is 0. The normalized spacial score (nSPS) is 13.8. The molecule has 2 heteroatoms. The zero-order valence-electron chi connectivity index (χ0n) is 19.7. The van der Waals surface area contributed by atoms with Crippen molar-refractivity contribution < 1.29 is 0 Å². The van der Waals surface area contributed by atoms with Gasteiger partial charge in [-0.2, -0.15) is 0 Å². The number of nitrogens with zero attached hydrogens (tertiary/aromatic N) is 1. The molecular formula is C27H37NSe. The zero-order valence-corrected chi connectivity index (χ0v) is 21.4. The van der Waals surface area contributed by atoms with Gasteiger partial charge in [0.1, 0.15) is 0 Å². The van der Waals surface area contributed by atoms with Gasteiger partial charge in [0.05, 0.1) is 0 Å². The van der Waals surface area contributed by atoms with E-state index in [2.05, 4.69) is 92.6 Å². The molecule has 2 aromatic carbocycles. The van der Waals surface area contributed by atoms with Crippen LogP contribution in [-0.4, -0.2) is 15.0 Å². The van der Waals surface area contributed by atoms with Gasteiger partial charge < -0.3 is 0 Å². The summed E-state index contributed by atoms with van der Waals surface area (Å²) in [5.41, 5.74) is 5.73. The molecule has 1 atom stereocenters. The maximum absolute atomic E-state index is 9.83. The third-order valence-corrected chi connectivity index (χ3v) is 7.90. The summed E-state index contributed by atoms with van der Waals surface area (Å²) >= 11 is 0.234. The zero-order chi connectivity index (χ0) is 22.0. The Balaban J connectivity index is 2.58. The van der Waals surface area contributed by atoms with Crippen molar-refractivity contribution >= 4 is 19.4 Å². The Hall–Kier alpha value is -1.55. The Kier molecular flexibility index (Phi) is 7.09. The van der Waals surface area contributed by atoms with Crippen molar-refractivity contribution in [1.82, 2.24) is 0 Å². The molecule has 0 radical (unpaired) electrons. The molecule has 0 amide bonds. The van der Waals surface area contributed by atoms with Crippen LogP contribution in [-0.2, 0) is 16.2 Å². The van der Waals surface area contributed by atoms with Crippen molar-refractivity contribution in [2.75, 3.05) is 0 Å². The number of hydrogen-bond donors (Lipinski definition) is 0. The second-order valence-electron chi connectivity index (χ2n) is 11.1. The molecular weight excluding hydrogens is 417 g/mol. The van der Waals surface area contributed by atoms with Crippen molar-refractivity contribution in [3.8, 4) is 6.07 Å². The Bertz CT molecular complexity index is 833. The quantitative estimate of drug-likeness (QED) is 0.476. The minimum atomic E-state index is -0.0425. The summed E-state index contributed by atoms with van der Waals surface area (Å²) in [6, 6.07) is 17.7. The van der Waals surface area contributed by atoms with Crippen molar-refractivity contribution in [2.24, 2.45) is 0 Å². The second-order valence-corrected chi connectivity index (χ2v) is 13.2. The van der Waals surface area contributed by atoms with E-state index < -0.39 is 0 Å². The first-order chi connectivity index (χ1) is 13.2. The van der Waals surface area contributed by atoms with Gasteiger partial charge in [0.25, 0.3) is 0 Å². The van der Waals surface area contributed by atoms with Crippen LogP contribution < -0.4 is 4.46 Å². The number of nitriles is 1. The van der Waals surface area contributed by atoms with E-state index in [1.807, 2.05) is 18.2 Å². The van der Waals surface area contributed by atoms with Gasteiger partial charge in [0.2, 0.25) is 0 Å². The van der Waals surface area contributed by atoms with Crippen LogP contribution in [0.15, 0.2) is 42.5 Å². The molecule has 0 unspecified atom stereocenters. The van der Waals surface area contributed by atoms with Gasteiger partial charge in [0, 0.05) is 0 Å². The average Bonchev–Trinajstić information content (AvgIpc) is 2.60. The molecule has 2 rings (SSSR count). The van der Waals surface area contributed by atoms with E-state index in [0.29, 0.717) is 0 Å². The molecule has 0 aliphatic heterocycles. The fourth-order valence-corrected chi connectivity index (χ4v) is 6.84. The van der Waals surface area contributed by atoms with Gasteiger partial charge in [-0.3, -0.25) is 0 Å². The molecule has 0 saturated heterocycles. The summed E-state index contributed by atoms with van der Waals surface area (Å²) in [6.45, 7) is 20.8. The van der Waals surface area contributed by atoms with E-state index in [-0.39, 0.29) is 37.1 Å². The molecule has 0 spiro atoms. The number of benzene rings is 2. The van der Waals surface area contributed by atoms with E-state index in [1.54, 1.807) is 0 Å². The molecule has 0 bridgehead atoms. The molecule has 0 aromatic heterocycles. The van der Waals surface area contributed by atoms with E-state index in [9.17, 15) is 5.26 Å². The van der Waals surface area contributed by atoms with E-state index in [1.165, 1.54) is 21.2 Å². The standard InChI is InChI=1S/C27H37NSe/c1-25(2,3)21-15-22(26(4,5)6)24(23(16-21)27(7,8)9)29-18-20(17-28)19-13-11-10-12-14-19/h10-16,20H,18H2,1-9H3/t20-/m0/s1. The fraction of sp³-hybridized carbons (Fsp3) is 0.519. The maximum atomic E-state index is 9.83. The van der Waals surface area contributed by atoms with Crippen LogP contribution >= 0.6 is 0 Å². The molecule has 0 heterocycles. The SMILES string of the molecule is CC(C)(C)c1cc(C(C)(C)C)c([Se]C[C@H](C#N)c2ccccc2)c(C(C)(C)C)c1. The van der Waals surface area contributed by atoms with Gasteiger partial charge in [-0.25, -0.2) is 0 Å². The summed E-state index contributed by atoms with van der Waals surface area (Å²) in [5.74, 6) is -0.0425. The van der Waals surface area contributed by atoms with Crippen LogP contribution in [0.25, 0.3) is 0 Å². The van der Waals surface area contributed by atoms with Crippen molar-refractivity contribution in [2.45, 2.75) is 89.8 Å². The van der Waals surface area contributed by atoms with E-state index in [4.69, 9.17) is 0 Å². The van der Waals surface area contributed by atoms with Crippen molar-refractivity contribution in [3.05, 3.63) is 64.7 Å². The third-order valence-electron chi connectivity index (χ3n) is 5.32. The first kappa shape index (κ1) is 23.7. The Morgan fingerprint density at radius 3 is 1.66 bits per heavy atom. The van der Waals surface area contributed by atoms with Crippen LogP contribution in [0.3, 0.4) is 0 Å². The van der Waals surface area contributed by atoms with Gasteiger partial charge in [-0.1, -0.05) is 0 Å². The van der Waals surface area contributed by atoms with Crippen LogP contribution in [0, 0.1) is 11.3 Å². The molecule has 2 aromatic rings. The van der Waals surface area contributed by atoms with Crippen LogP contribution in [0.1, 0.15) is 90.5 Å². The molecule has 1 nitrogen and oxygen atoms in total. The molecule has 0 saturated carbocycles. The second kappa shape index (κ2) is 8.67. The monoisotopic (exact) mass is 455 g/mol. The molecule has 0 aliphatic rings. The number of hydrogen-bond acceptors (Lipinski definition) is 1. The molecule has 0 aliphatic carbocycles. The predicted molar refractivity (Wildman–Crippen MR) is 128 cm³/mol. The topological polar surface area (TPSA) is 23.8 Å². The summed E-state index contributed by atoms with van der Waals surface area (Å²) in [7, 11) is 0. The van der Waals surface area contributed by atoms with Crippen LogP contribution in [0.5, 0.6) is 0 Å².